The molecule has 0 aliphatic heterocycles. The Morgan fingerprint density at radius 1 is 1.24 bits per heavy atom. The lowest BCUT2D eigenvalue weighted by atomic mass is 9.95. The summed E-state index contributed by atoms with van der Waals surface area (Å²) in [6.45, 7) is 3.31. The highest BCUT2D eigenvalue weighted by molar-refractivity contribution is 5.96. The summed E-state index contributed by atoms with van der Waals surface area (Å²) in [7, 11) is 0. The van der Waals surface area contributed by atoms with Crippen LogP contribution in [0.1, 0.15) is 49.4 Å². The van der Waals surface area contributed by atoms with Gasteiger partial charge in [-0.25, -0.2) is 0 Å². The SMILES string of the molecule is CCOc1ccccc1C(=O)NCCCC(=O)OCC1CC=CCC1. The molecule has 1 amide bonds. The Hall–Kier alpha value is -2.30. The van der Waals surface area contributed by atoms with Gasteiger partial charge in [0.1, 0.15) is 5.75 Å². The maximum Gasteiger partial charge on any atom is 0.305 e. The Balaban J connectivity index is 1.64. The summed E-state index contributed by atoms with van der Waals surface area (Å²) in [4.78, 5) is 24.0. The third-order valence-electron chi connectivity index (χ3n) is 4.13. The number of hydrogen-bond donors (Lipinski definition) is 1. The normalized spacial score (nSPS) is 16.3. The zero-order valence-corrected chi connectivity index (χ0v) is 14.8. The minimum absolute atomic E-state index is 0.189. The van der Waals surface area contributed by atoms with E-state index in [0.29, 0.717) is 49.8 Å². The van der Waals surface area contributed by atoms with Gasteiger partial charge in [0, 0.05) is 13.0 Å². The Morgan fingerprint density at radius 3 is 2.84 bits per heavy atom. The molecule has 136 valence electrons. The number of allylic oxidation sites excluding steroid dienone is 2. The Morgan fingerprint density at radius 2 is 2.08 bits per heavy atom. The van der Waals surface area contributed by atoms with E-state index >= 15 is 0 Å². The summed E-state index contributed by atoms with van der Waals surface area (Å²) >= 11 is 0. The smallest absolute Gasteiger partial charge is 0.305 e. The second kappa shape index (κ2) is 10.5. The molecule has 1 aromatic carbocycles. The van der Waals surface area contributed by atoms with Crippen molar-refractivity contribution < 1.29 is 19.1 Å². The second-order valence-corrected chi connectivity index (χ2v) is 6.12. The van der Waals surface area contributed by atoms with Crippen molar-refractivity contribution in [1.82, 2.24) is 5.32 Å². The van der Waals surface area contributed by atoms with Gasteiger partial charge >= 0.3 is 5.97 Å². The molecule has 0 radical (unpaired) electrons. The Bertz CT molecular complexity index is 597. The molecule has 25 heavy (non-hydrogen) atoms. The third-order valence-corrected chi connectivity index (χ3v) is 4.13. The number of para-hydroxylation sites is 1. The summed E-state index contributed by atoms with van der Waals surface area (Å²) in [6.07, 6.45) is 8.34. The molecular weight excluding hydrogens is 318 g/mol. The number of carbonyl (C=O) groups is 2. The minimum atomic E-state index is -0.196. The topological polar surface area (TPSA) is 64.6 Å². The van der Waals surface area contributed by atoms with Crippen LogP contribution >= 0.6 is 0 Å². The molecule has 1 unspecified atom stereocenters. The van der Waals surface area contributed by atoms with Gasteiger partial charge in [0.15, 0.2) is 0 Å². The minimum Gasteiger partial charge on any atom is -0.493 e. The Labute approximate surface area is 149 Å². The van der Waals surface area contributed by atoms with Crippen LogP contribution in [0.15, 0.2) is 36.4 Å². The molecule has 1 N–H and O–H groups in total. The van der Waals surface area contributed by atoms with E-state index in [4.69, 9.17) is 9.47 Å². The van der Waals surface area contributed by atoms with Gasteiger partial charge in [0.25, 0.3) is 5.91 Å². The first-order chi connectivity index (χ1) is 12.2. The van der Waals surface area contributed by atoms with Gasteiger partial charge in [-0.3, -0.25) is 9.59 Å². The van der Waals surface area contributed by atoms with E-state index < -0.39 is 0 Å². The highest BCUT2D eigenvalue weighted by atomic mass is 16.5. The van der Waals surface area contributed by atoms with Crippen molar-refractivity contribution in [1.29, 1.82) is 0 Å². The Kier molecular flexibility index (Phi) is 8.02. The molecule has 5 heteroatoms. The molecule has 0 aromatic heterocycles. The van der Waals surface area contributed by atoms with E-state index in [1.807, 2.05) is 13.0 Å². The van der Waals surface area contributed by atoms with Crippen molar-refractivity contribution in [3.8, 4) is 5.75 Å². The number of rotatable bonds is 9. The van der Waals surface area contributed by atoms with Gasteiger partial charge in [0.2, 0.25) is 0 Å². The summed E-state index contributed by atoms with van der Waals surface area (Å²) in [5, 5.41) is 2.82. The average molecular weight is 345 g/mol. The predicted octanol–water partition coefficient (Wildman–Crippen LogP) is 3.49. The van der Waals surface area contributed by atoms with Gasteiger partial charge in [-0.15, -0.1) is 0 Å². The van der Waals surface area contributed by atoms with Crippen molar-refractivity contribution in [2.45, 2.75) is 39.0 Å². The maximum absolute atomic E-state index is 12.2. The number of carbonyl (C=O) groups excluding carboxylic acids is 2. The van der Waals surface area contributed by atoms with Crippen LogP contribution in [0.25, 0.3) is 0 Å². The van der Waals surface area contributed by atoms with Crippen molar-refractivity contribution in [2.75, 3.05) is 19.8 Å². The number of ether oxygens (including phenoxy) is 2. The van der Waals surface area contributed by atoms with E-state index in [1.165, 1.54) is 0 Å². The summed E-state index contributed by atoms with van der Waals surface area (Å²) in [5.41, 5.74) is 0.511. The predicted molar refractivity (Wildman–Crippen MR) is 96.6 cm³/mol. The van der Waals surface area contributed by atoms with Crippen LogP contribution in [0.4, 0.5) is 0 Å². The van der Waals surface area contributed by atoms with Crippen LogP contribution in [0.3, 0.4) is 0 Å². The number of amides is 1. The molecule has 0 saturated heterocycles. The molecule has 0 heterocycles. The molecule has 0 saturated carbocycles. The van der Waals surface area contributed by atoms with Crippen molar-refractivity contribution in [3.05, 3.63) is 42.0 Å². The van der Waals surface area contributed by atoms with Crippen LogP contribution in [0.2, 0.25) is 0 Å². The van der Waals surface area contributed by atoms with E-state index in [2.05, 4.69) is 17.5 Å². The molecule has 1 aromatic rings. The van der Waals surface area contributed by atoms with Gasteiger partial charge in [-0.2, -0.15) is 0 Å². The van der Waals surface area contributed by atoms with E-state index in [-0.39, 0.29) is 11.9 Å². The summed E-state index contributed by atoms with van der Waals surface area (Å²) < 4.78 is 10.8. The van der Waals surface area contributed by atoms with E-state index in [9.17, 15) is 9.59 Å². The second-order valence-electron chi connectivity index (χ2n) is 6.12. The van der Waals surface area contributed by atoms with Gasteiger partial charge in [-0.05, 0) is 50.7 Å². The van der Waals surface area contributed by atoms with Crippen molar-refractivity contribution >= 4 is 11.9 Å². The molecule has 0 spiro atoms. The number of hydrogen-bond acceptors (Lipinski definition) is 4. The van der Waals surface area contributed by atoms with Crippen LogP contribution in [-0.2, 0) is 9.53 Å². The molecule has 5 nitrogen and oxygen atoms in total. The molecule has 0 fully saturated rings. The quantitative estimate of drug-likeness (QED) is 0.423. The van der Waals surface area contributed by atoms with Crippen LogP contribution in [0.5, 0.6) is 5.75 Å². The number of esters is 1. The third kappa shape index (κ3) is 6.61. The first-order valence-electron chi connectivity index (χ1n) is 9.01. The average Bonchev–Trinajstić information content (AvgIpc) is 2.65. The first-order valence-corrected chi connectivity index (χ1v) is 9.01. The fraction of sp³-hybridized carbons (Fsp3) is 0.500. The van der Waals surface area contributed by atoms with Gasteiger partial charge < -0.3 is 14.8 Å². The zero-order chi connectivity index (χ0) is 17.9. The summed E-state index contributed by atoms with van der Waals surface area (Å²) in [6, 6.07) is 7.14. The molecule has 0 bridgehead atoms. The molecule has 1 aliphatic rings. The van der Waals surface area contributed by atoms with Crippen molar-refractivity contribution in [2.24, 2.45) is 5.92 Å². The fourth-order valence-corrected chi connectivity index (χ4v) is 2.76. The van der Waals surface area contributed by atoms with Crippen LogP contribution in [0, 0.1) is 5.92 Å². The fourth-order valence-electron chi connectivity index (χ4n) is 2.76. The first kappa shape index (κ1) is 19.0. The van der Waals surface area contributed by atoms with Crippen molar-refractivity contribution in [3.63, 3.8) is 0 Å². The van der Waals surface area contributed by atoms with Gasteiger partial charge in [0.05, 0.1) is 18.8 Å². The lowest BCUT2D eigenvalue weighted by Gasteiger charge is -2.17. The van der Waals surface area contributed by atoms with Crippen LogP contribution < -0.4 is 10.1 Å². The maximum atomic E-state index is 12.2. The number of nitrogens with one attached hydrogen (secondary N) is 1. The molecular formula is C20H27NO4. The standard InChI is InChI=1S/C20H27NO4/c1-2-24-18-12-7-6-11-17(18)20(23)21-14-8-13-19(22)25-15-16-9-4-3-5-10-16/h3-4,6-7,11-12,16H,2,5,8-10,13-15H2,1H3,(H,21,23). The number of benzene rings is 1. The van der Waals surface area contributed by atoms with Gasteiger partial charge in [-0.1, -0.05) is 24.3 Å². The van der Waals surface area contributed by atoms with E-state index in [0.717, 1.165) is 19.3 Å². The lowest BCUT2D eigenvalue weighted by Crippen LogP contribution is -2.25. The lowest BCUT2D eigenvalue weighted by molar-refractivity contribution is -0.145. The van der Waals surface area contributed by atoms with Crippen LogP contribution in [-0.4, -0.2) is 31.6 Å². The zero-order valence-electron chi connectivity index (χ0n) is 14.8. The largest absolute Gasteiger partial charge is 0.493 e. The monoisotopic (exact) mass is 345 g/mol. The summed E-state index contributed by atoms with van der Waals surface area (Å²) in [5.74, 6) is 0.636. The molecule has 2 rings (SSSR count). The highest BCUT2D eigenvalue weighted by Crippen LogP contribution is 2.19. The molecule has 1 atom stereocenters. The van der Waals surface area contributed by atoms with E-state index in [1.54, 1.807) is 18.2 Å². The highest BCUT2D eigenvalue weighted by Gasteiger charge is 2.14. The molecule has 1 aliphatic carbocycles.